The molecule has 4 nitrogen and oxygen atoms in total. The quantitative estimate of drug-likeness (QED) is 0.768. The summed E-state index contributed by atoms with van der Waals surface area (Å²) in [6.45, 7) is 4.77. The van der Waals surface area contributed by atoms with E-state index in [-0.39, 0.29) is 25.0 Å². The van der Waals surface area contributed by atoms with Crippen LogP contribution in [0.15, 0.2) is 12.1 Å². The molecular weight excluding hydrogens is 311 g/mol. The molecule has 0 radical (unpaired) electrons. The van der Waals surface area contributed by atoms with Gasteiger partial charge in [0.15, 0.2) is 0 Å². The molecule has 0 spiro atoms. The van der Waals surface area contributed by atoms with Crippen LogP contribution in [0.2, 0.25) is 10.0 Å². The highest BCUT2D eigenvalue weighted by atomic mass is 35.5. The average Bonchev–Trinajstić information content (AvgIpc) is 2.41. The summed E-state index contributed by atoms with van der Waals surface area (Å²) in [7, 11) is 0. The van der Waals surface area contributed by atoms with Gasteiger partial charge in [-0.05, 0) is 37.5 Å². The minimum absolute atomic E-state index is 0.0188. The Hall–Kier alpha value is -0.970. The molecule has 1 amide bonds. The largest absolute Gasteiger partial charge is 0.491 e. The summed E-state index contributed by atoms with van der Waals surface area (Å²) in [6, 6.07) is 3.46. The van der Waals surface area contributed by atoms with Crippen LogP contribution in [-0.4, -0.2) is 25.1 Å². The fourth-order valence-electron chi connectivity index (χ4n) is 1.89. The third-order valence-corrected chi connectivity index (χ3v) is 3.54. The topological polar surface area (TPSA) is 64.3 Å². The van der Waals surface area contributed by atoms with Crippen molar-refractivity contribution in [1.29, 1.82) is 0 Å². The first-order valence-corrected chi connectivity index (χ1v) is 7.86. The number of nitrogens with two attached hydrogens (primary N) is 1. The lowest BCUT2D eigenvalue weighted by Crippen LogP contribution is -2.25. The number of ether oxygens (including phenoxy) is 1. The van der Waals surface area contributed by atoms with Gasteiger partial charge in [0.05, 0.1) is 18.1 Å². The van der Waals surface area contributed by atoms with Crippen LogP contribution in [0.25, 0.3) is 0 Å². The normalized spacial score (nSPS) is 12.0. The average molecular weight is 333 g/mol. The van der Waals surface area contributed by atoms with E-state index in [9.17, 15) is 4.79 Å². The van der Waals surface area contributed by atoms with E-state index in [0.717, 1.165) is 12.0 Å². The fourth-order valence-corrected chi connectivity index (χ4v) is 2.48. The maximum atomic E-state index is 11.4. The van der Waals surface area contributed by atoms with E-state index in [2.05, 4.69) is 5.32 Å². The third kappa shape index (κ3) is 6.12. The van der Waals surface area contributed by atoms with Crippen molar-refractivity contribution in [2.24, 2.45) is 5.73 Å². The minimum atomic E-state index is -0.0469. The Labute approximate surface area is 135 Å². The van der Waals surface area contributed by atoms with Crippen LogP contribution in [0.4, 0.5) is 0 Å². The summed E-state index contributed by atoms with van der Waals surface area (Å²) in [5.74, 6) is 0.517. The van der Waals surface area contributed by atoms with Gasteiger partial charge in [0.1, 0.15) is 5.75 Å². The molecule has 1 atom stereocenters. The Morgan fingerprint density at radius 2 is 2.10 bits per heavy atom. The van der Waals surface area contributed by atoms with Crippen LogP contribution >= 0.6 is 23.2 Å². The number of carbonyl (C=O) groups excluding carboxylic acids is 1. The predicted octanol–water partition coefficient (Wildman–Crippen LogP) is 3.18. The first kappa shape index (κ1) is 18.1. The van der Waals surface area contributed by atoms with Gasteiger partial charge in [-0.25, -0.2) is 0 Å². The van der Waals surface area contributed by atoms with E-state index in [1.807, 2.05) is 19.9 Å². The van der Waals surface area contributed by atoms with Crippen molar-refractivity contribution < 1.29 is 9.53 Å². The number of amides is 1. The highest BCUT2D eigenvalue weighted by Gasteiger charge is 2.14. The summed E-state index contributed by atoms with van der Waals surface area (Å²) in [5, 5.41) is 3.71. The SMILES string of the molecule is CCNC(=O)CCOc1c(Cl)cc(Cl)cc1CC(N)CC. The second-order valence-electron chi connectivity index (χ2n) is 4.80. The van der Waals surface area contributed by atoms with E-state index in [0.29, 0.717) is 28.8 Å². The Kier molecular flexibility index (Phi) is 7.86. The van der Waals surface area contributed by atoms with E-state index < -0.39 is 0 Å². The number of hydrogen-bond acceptors (Lipinski definition) is 3. The van der Waals surface area contributed by atoms with Crippen LogP contribution in [-0.2, 0) is 11.2 Å². The van der Waals surface area contributed by atoms with Crippen molar-refractivity contribution in [3.63, 3.8) is 0 Å². The second kappa shape index (κ2) is 9.13. The zero-order valence-corrected chi connectivity index (χ0v) is 13.9. The number of halogens is 2. The zero-order valence-electron chi connectivity index (χ0n) is 12.4. The molecule has 0 bridgehead atoms. The molecule has 118 valence electrons. The second-order valence-corrected chi connectivity index (χ2v) is 5.64. The molecule has 1 aromatic rings. The number of carbonyl (C=O) groups is 1. The molecule has 3 N–H and O–H groups in total. The summed E-state index contributed by atoms with van der Waals surface area (Å²) >= 11 is 12.2. The van der Waals surface area contributed by atoms with Gasteiger partial charge >= 0.3 is 0 Å². The molecule has 0 saturated carbocycles. The standard InChI is InChI=1S/C15H22Cl2N2O2/c1-3-12(18)8-10-7-11(16)9-13(17)15(10)21-6-5-14(20)19-4-2/h7,9,12H,3-6,8,18H2,1-2H3,(H,19,20). The Morgan fingerprint density at radius 1 is 1.38 bits per heavy atom. The number of nitrogens with one attached hydrogen (secondary N) is 1. The molecule has 0 fully saturated rings. The lowest BCUT2D eigenvalue weighted by Gasteiger charge is -2.16. The van der Waals surface area contributed by atoms with Crippen molar-refractivity contribution in [3.05, 3.63) is 27.7 Å². The smallest absolute Gasteiger partial charge is 0.223 e. The molecule has 0 aliphatic rings. The van der Waals surface area contributed by atoms with Crippen molar-refractivity contribution in [2.45, 2.75) is 39.2 Å². The predicted molar refractivity (Wildman–Crippen MR) is 87.2 cm³/mol. The lowest BCUT2D eigenvalue weighted by molar-refractivity contribution is -0.121. The molecule has 0 heterocycles. The maximum absolute atomic E-state index is 11.4. The van der Waals surface area contributed by atoms with E-state index >= 15 is 0 Å². The van der Waals surface area contributed by atoms with Crippen LogP contribution in [0, 0.1) is 0 Å². The van der Waals surface area contributed by atoms with Crippen LogP contribution < -0.4 is 15.8 Å². The number of hydrogen-bond donors (Lipinski definition) is 2. The van der Waals surface area contributed by atoms with E-state index in [1.165, 1.54) is 0 Å². The van der Waals surface area contributed by atoms with Crippen molar-refractivity contribution in [1.82, 2.24) is 5.32 Å². The van der Waals surface area contributed by atoms with Crippen LogP contribution in [0.1, 0.15) is 32.3 Å². The Morgan fingerprint density at radius 3 is 2.71 bits per heavy atom. The molecule has 1 unspecified atom stereocenters. The summed E-state index contributed by atoms with van der Waals surface area (Å²) in [6.07, 6.45) is 1.77. The van der Waals surface area contributed by atoms with Crippen molar-refractivity contribution in [3.8, 4) is 5.75 Å². The molecule has 1 aromatic carbocycles. The highest BCUT2D eigenvalue weighted by Crippen LogP contribution is 2.33. The van der Waals surface area contributed by atoms with Gasteiger partial charge < -0.3 is 15.8 Å². The minimum Gasteiger partial charge on any atom is -0.491 e. The zero-order chi connectivity index (χ0) is 15.8. The van der Waals surface area contributed by atoms with Crippen LogP contribution in [0.5, 0.6) is 5.75 Å². The van der Waals surface area contributed by atoms with Gasteiger partial charge in [-0.3, -0.25) is 4.79 Å². The molecule has 0 saturated heterocycles. The third-order valence-electron chi connectivity index (χ3n) is 3.04. The first-order chi connectivity index (χ1) is 9.97. The maximum Gasteiger partial charge on any atom is 0.223 e. The van der Waals surface area contributed by atoms with Gasteiger partial charge in [0.25, 0.3) is 0 Å². The van der Waals surface area contributed by atoms with E-state index in [4.69, 9.17) is 33.7 Å². The van der Waals surface area contributed by atoms with Gasteiger partial charge in [0.2, 0.25) is 5.91 Å². The summed E-state index contributed by atoms with van der Waals surface area (Å²) in [5.41, 5.74) is 6.86. The monoisotopic (exact) mass is 332 g/mol. The van der Waals surface area contributed by atoms with Crippen LogP contribution in [0.3, 0.4) is 0 Å². The lowest BCUT2D eigenvalue weighted by atomic mass is 10.0. The number of rotatable bonds is 8. The van der Waals surface area contributed by atoms with E-state index in [1.54, 1.807) is 6.07 Å². The number of benzene rings is 1. The molecular formula is C15H22Cl2N2O2. The molecule has 1 rings (SSSR count). The van der Waals surface area contributed by atoms with Crippen molar-refractivity contribution in [2.75, 3.05) is 13.2 Å². The molecule has 6 heteroatoms. The molecule has 21 heavy (non-hydrogen) atoms. The van der Waals surface area contributed by atoms with Crippen molar-refractivity contribution >= 4 is 29.1 Å². The molecule has 0 aromatic heterocycles. The first-order valence-electron chi connectivity index (χ1n) is 7.10. The Bertz CT molecular complexity index is 481. The van der Waals surface area contributed by atoms with Gasteiger partial charge in [0, 0.05) is 17.6 Å². The summed E-state index contributed by atoms with van der Waals surface area (Å²) in [4.78, 5) is 11.4. The molecule has 0 aliphatic carbocycles. The molecule has 0 aliphatic heterocycles. The van der Waals surface area contributed by atoms with Gasteiger partial charge in [-0.15, -0.1) is 0 Å². The fraction of sp³-hybridized carbons (Fsp3) is 0.533. The van der Waals surface area contributed by atoms with Gasteiger partial charge in [-0.2, -0.15) is 0 Å². The highest BCUT2D eigenvalue weighted by molar-refractivity contribution is 6.35. The summed E-state index contributed by atoms with van der Waals surface area (Å²) < 4.78 is 5.68. The van der Waals surface area contributed by atoms with Gasteiger partial charge in [-0.1, -0.05) is 30.1 Å². The Balaban J connectivity index is 2.77.